The molecule has 0 heteroatoms. The molecule has 0 saturated heterocycles. The second-order valence-electron chi connectivity index (χ2n) is 4.72. The second-order valence-corrected chi connectivity index (χ2v) is 4.72. The van der Waals surface area contributed by atoms with E-state index in [2.05, 4.69) is 26.0 Å². The first-order valence-electron chi connectivity index (χ1n) is 5.37. The van der Waals surface area contributed by atoms with Gasteiger partial charge in [0.2, 0.25) is 0 Å². The number of aryl methyl sites for hydroxylation is 1. The van der Waals surface area contributed by atoms with Crippen LogP contribution in [0.1, 0.15) is 53.4 Å². The molecule has 0 amide bonds. The quantitative estimate of drug-likeness (QED) is 0.560. The molecule has 0 nitrogen and oxygen atoms in total. The molecular formula is C13H16. The lowest BCUT2D eigenvalue weighted by Crippen LogP contribution is -2.01. The summed E-state index contributed by atoms with van der Waals surface area (Å²) in [6, 6.07) is 4.68. The topological polar surface area (TPSA) is 0 Å². The molecule has 2 aliphatic rings. The molecule has 0 radical (unpaired) electrons. The minimum atomic E-state index is 0.916. The molecule has 1 aromatic carbocycles. The van der Waals surface area contributed by atoms with Gasteiger partial charge in [0.15, 0.2) is 0 Å². The average Bonchev–Trinajstić information content (AvgIpc) is 2.70. The Bertz CT molecular complexity index is 363. The summed E-state index contributed by atoms with van der Waals surface area (Å²) in [5.74, 6) is 1.83. The summed E-state index contributed by atoms with van der Waals surface area (Å²) in [7, 11) is 0. The van der Waals surface area contributed by atoms with Crippen LogP contribution in [0.25, 0.3) is 0 Å². The van der Waals surface area contributed by atoms with Gasteiger partial charge in [-0.1, -0.05) is 12.1 Å². The number of hydrogen-bond donors (Lipinski definition) is 0. The third kappa shape index (κ3) is 0.864. The highest BCUT2D eigenvalue weighted by Crippen LogP contribution is 2.54. The van der Waals surface area contributed by atoms with Crippen molar-refractivity contribution >= 4 is 0 Å². The smallest absolute Gasteiger partial charge is 0.0150 e. The Morgan fingerprint density at radius 1 is 1.08 bits per heavy atom. The Labute approximate surface area is 80.0 Å². The van der Waals surface area contributed by atoms with E-state index in [1.54, 1.807) is 16.7 Å². The fourth-order valence-electron chi connectivity index (χ4n) is 3.28. The summed E-state index contributed by atoms with van der Waals surface area (Å²) in [6.07, 6.45) is 4.34. The van der Waals surface area contributed by atoms with Crippen LogP contribution in [-0.2, 0) is 0 Å². The van der Waals surface area contributed by atoms with Crippen LogP contribution in [0.15, 0.2) is 12.1 Å². The van der Waals surface area contributed by atoms with Crippen LogP contribution < -0.4 is 0 Å². The molecular weight excluding hydrogens is 156 g/mol. The zero-order valence-corrected chi connectivity index (χ0v) is 8.43. The van der Waals surface area contributed by atoms with Gasteiger partial charge in [-0.2, -0.15) is 0 Å². The van der Waals surface area contributed by atoms with E-state index < -0.39 is 0 Å². The van der Waals surface area contributed by atoms with Gasteiger partial charge in [-0.05, 0) is 67.2 Å². The number of benzene rings is 1. The highest BCUT2D eigenvalue weighted by atomic mass is 14.4. The van der Waals surface area contributed by atoms with Crippen LogP contribution in [0, 0.1) is 13.8 Å². The molecule has 68 valence electrons. The monoisotopic (exact) mass is 172 g/mol. The van der Waals surface area contributed by atoms with Gasteiger partial charge in [0.05, 0.1) is 0 Å². The molecule has 0 heterocycles. The van der Waals surface area contributed by atoms with E-state index in [0.717, 1.165) is 11.8 Å². The highest BCUT2D eigenvalue weighted by molar-refractivity contribution is 5.48. The van der Waals surface area contributed by atoms with Crippen molar-refractivity contribution in [3.05, 3.63) is 34.4 Å². The van der Waals surface area contributed by atoms with Crippen molar-refractivity contribution in [2.75, 3.05) is 0 Å². The van der Waals surface area contributed by atoms with Crippen LogP contribution in [0.3, 0.4) is 0 Å². The maximum absolute atomic E-state index is 2.38. The molecule has 3 rings (SSSR count). The van der Waals surface area contributed by atoms with Crippen molar-refractivity contribution < 1.29 is 0 Å². The molecule has 2 aliphatic carbocycles. The summed E-state index contributed by atoms with van der Waals surface area (Å²) >= 11 is 0. The Morgan fingerprint density at radius 2 is 1.85 bits per heavy atom. The second kappa shape index (κ2) is 2.37. The highest BCUT2D eigenvalue weighted by Gasteiger charge is 2.37. The van der Waals surface area contributed by atoms with Crippen molar-refractivity contribution in [2.24, 2.45) is 0 Å². The third-order valence-corrected chi connectivity index (χ3v) is 4.10. The minimum absolute atomic E-state index is 0.916. The zero-order valence-electron chi connectivity index (χ0n) is 8.43. The summed E-state index contributed by atoms with van der Waals surface area (Å²) in [4.78, 5) is 0. The number of fused-ring (bicyclic) bond motifs is 5. The van der Waals surface area contributed by atoms with Crippen molar-refractivity contribution in [3.8, 4) is 0 Å². The average molecular weight is 172 g/mol. The van der Waals surface area contributed by atoms with Gasteiger partial charge < -0.3 is 0 Å². The van der Waals surface area contributed by atoms with E-state index >= 15 is 0 Å². The van der Waals surface area contributed by atoms with E-state index in [0.29, 0.717) is 0 Å². The first-order chi connectivity index (χ1) is 6.27. The van der Waals surface area contributed by atoms with Crippen LogP contribution in [-0.4, -0.2) is 0 Å². The van der Waals surface area contributed by atoms with Crippen LogP contribution in [0.5, 0.6) is 0 Å². The Kier molecular flexibility index (Phi) is 1.39. The summed E-state index contributed by atoms with van der Waals surface area (Å²) < 4.78 is 0. The predicted octanol–water partition coefficient (Wildman–Crippen LogP) is 3.67. The fourth-order valence-corrected chi connectivity index (χ4v) is 3.28. The largest absolute Gasteiger partial charge is 0.0588 e. The molecule has 0 aromatic heterocycles. The summed E-state index contributed by atoms with van der Waals surface area (Å²) in [5, 5.41) is 0. The van der Waals surface area contributed by atoms with Gasteiger partial charge in [-0.3, -0.25) is 0 Å². The molecule has 0 N–H and O–H groups in total. The predicted molar refractivity (Wildman–Crippen MR) is 55.2 cm³/mol. The summed E-state index contributed by atoms with van der Waals surface area (Å²) in [5.41, 5.74) is 6.45. The molecule has 1 fully saturated rings. The summed E-state index contributed by atoms with van der Waals surface area (Å²) in [6.45, 7) is 4.54. The Balaban J connectivity index is 2.26. The van der Waals surface area contributed by atoms with Gasteiger partial charge in [0.1, 0.15) is 0 Å². The van der Waals surface area contributed by atoms with E-state index in [1.807, 2.05) is 0 Å². The molecule has 0 spiro atoms. The van der Waals surface area contributed by atoms with Gasteiger partial charge >= 0.3 is 0 Å². The first kappa shape index (κ1) is 7.61. The van der Waals surface area contributed by atoms with Gasteiger partial charge in [-0.15, -0.1) is 0 Å². The third-order valence-electron chi connectivity index (χ3n) is 4.10. The maximum Gasteiger partial charge on any atom is -0.0150 e. The SMILES string of the molecule is Cc1ccc2c(c1C)[C@@H]1CC[C@@H]2C1. The van der Waals surface area contributed by atoms with Crippen LogP contribution in [0.2, 0.25) is 0 Å². The molecule has 13 heavy (non-hydrogen) atoms. The standard InChI is InChI=1S/C13H16/c1-8-3-6-12-10-4-5-11(7-10)13(12)9(8)2/h3,6,10-11H,4-5,7H2,1-2H3/t10-,11-/m1/s1. The maximum atomic E-state index is 2.38. The Morgan fingerprint density at radius 3 is 2.69 bits per heavy atom. The molecule has 2 bridgehead atoms. The molecule has 2 atom stereocenters. The van der Waals surface area contributed by atoms with E-state index in [1.165, 1.54) is 24.8 Å². The molecule has 0 unspecified atom stereocenters. The van der Waals surface area contributed by atoms with Gasteiger partial charge in [-0.25, -0.2) is 0 Å². The zero-order chi connectivity index (χ0) is 9.00. The van der Waals surface area contributed by atoms with E-state index in [4.69, 9.17) is 0 Å². The van der Waals surface area contributed by atoms with Crippen molar-refractivity contribution in [3.63, 3.8) is 0 Å². The van der Waals surface area contributed by atoms with Gasteiger partial charge in [0, 0.05) is 0 Å². The lowest BCUT2D eigenvalue weighted by Gasteiger charge is -2.18. The normalized spacial score (nSPS) is 29.4. The van der Waals surface area contributed by atoms with Crippen LogP contribution >= 0.6 is 0 Å². The van der Waals surface area contributed by atoms with Crippen molar-refractivity contribution in [1.29, 1.82) is 0 Å². The Hall–Kier alpha value is -0.780. The van der Waals surface area contributed by atoms with Crippen LogP contribution in [0.4, 0.5) is 0 Å². The lowest BCUT2D eigenvalue weighted by molar-refractivity contribution is 0.712. The van der Waals surface area contributed by atoms with Crippen molar-refractivity contribution in [1.82, 2.24) is 0 Å². The van der Waals surface area contributed by atoms with Gasteiger partial charge in [0.25, 0.3) is 0 Å². The fraction of sp³-hybridized carbons (Fsp3) is 0.538. The lowest BCUT2D eigenvalue weighted by atomic mass is 9.87. The molecule has 1 aromatic rings. The first-order valence-corrected chi connectivity index (χ1v) is 5.37. The van der Waals surface area contributed by atoms with E-state index in [-0.39, 0.29) is 0 Å². The minimum Gasteiger partial charge on any atom is -0.0588 e. The van der Waals surface area contributed by atoms with Crippen molar-refractivity contribution in [2.45, 2.75) is 44.9 Å². The molecule has 0 aliphatic heterocycles. The molecule has 1 saturated carbocycles. The number of rotatable bonds is 0. The van der Waals surface area contributed by atoms with E-state index in [9.17, 15) is 0 Å². The number of hydrogen-bond acceptors (Lipinski definition) is 0.